The maximum absolute atomic E-state index is 11.2. The maximum atomic E-state index is 11.2. The van der Waals surface area contributed by atoms with E-state index in [4.69, 9.17) is 21.1 Å². The van der Waals surface area contributed by atoms with Crippen molar-refractivity contribution in [2.45, 2.75) is 6.61 Å². The highest BCUT2D eigenvalue weighted by atomic mass is 79.9. The van der Waals surface area contributed by atoms with Crippen molar-refractivity contribution in [3.05, 3.63) is 57.0 Å². The summed E-state index contributed by atoms with van der Waals surface area (Å²) in [6, 6.07) is 10.0. The summed E-state index contributed by atoms with van der Waals surface area (Å²) >= 11 is 9.42. The number of benzene rings is 2. The SMILES string of the molecule is COc1ccc(OCc2ccc(Br)cc2Cl)c(C(=O)O)c1. The molecular weight excluding hydrogens is 360 g/mol. The molecule has 0 fully saturated rings. The van der Waals surface area contributed by atoms with Crippen LogP contribution in [0.2, 0.25) is 5.02 Å². The number of halogens is 2. The molecule has 2 rings (SSSR count). The summed E-state index contributed by atoms with van der Waals surface area (Å²) in [4.78, 5) is 11.2. The molecule has 0 unspecified atom stereocenters. The van der Waals surface area contributed by atoms with E-state index in [0.717, 1.165) is 10.0 Å². The van der Waals surface area contributed by atoms with Gasteiger partial charge in [0.1, 0.15) is 23.7 Å². The Morgan fingerprint density at radius 2 is 2.05 bits per heavy atom. The number of methoxy groups -OCH3 is 1. The Morgan fingerprint density at radius 1 is 1.29 bits per heavy atom. The summed E-state index contributed by atoms with van der Waals surface area (Å²) in [5, 5.41) is 9.76. The Bertz CT molecular complexity index is 673. The van der Waals surface area contributed by atoms with Crippen LogP contribution in [0.25, 0.3) is 0 Å². The van der Waals surface area contributed by atoms with E-state index in [1.165, 1.54) is 13.2 Å². The van der Waals surface area contributed by atoms with Crippen molar-refractivity contribution in [2.24, 2.45) is 0 Å². The molecule has 110 valence electrons. The van der Waals surface area contributed by atoms with Gasteiger partial charge in [-0.25, -0.2) is 4.79 Å². The van der Waals surface area contributed by atoms with Gasteiger partial charge in [0.05, 0.1) is 7.11 Å². The van der Waals surface area contributed by atoms with Crippen LogP contribution in [0.4, 0.5) is 0 Å². The van der Waals surface area contributed by atoms with E-state index >= 15 is 0 Å². The third kappa shape index (κ3) is 3.89. The molecule has 0 aliphatic heterocycles. The number of aromatic carboxylic acids is 1. The molecule has 2 aromatic rings. The number of hydrogen-bond donors (Lipinski definition) is 1. The largest absolute Gasteiger partial charge is 0.497 e. The minimum Gasteiger partial charge on any atom is -0.497 e. The average Bonchev–Trinajstić information content (AvgIpc) is 2.46. The van der Waals surface area contributed by atoms with Crippen molar-refractivity contribution in [3.8, 4) is 11.5 Å². The summed E-state index contributed by atoms with van der Waals surface area (Å²) in [6.45, 7) is 0.179. The molecule has 0 heterocycles. The highest BCUT2D eigenvalue weighted by Gasteiger charge is 2.13. The summed E-state index contributed by atoms with van der Waals surface area (Å²) in [5.41, 5.74) is 0.814. The lowest BCUT2D eigenvalue weighted by Crippen LogP contribution is -2.04. The highest BCUT2D eigenvalue weighted by Crippen LogP contribution is 2.27. The van der Waals surface area contributed by atoms with E-state index in [9.17, 15) is 9.90 Å². The molecule has 0 saturated heterocycles. The monoisotopic (exact) mass is 370 g/mol. The zero-order valence-corrected chi connectivity index (χ0v) is 13.4. The molecule has 0 amide bonds. The second-order valence-corrected chi connectivity index (χ2v) is 5.51. The van der Waals surface area contributed by atoms with Gasteiger partial charge in [0.2, 0.25) is 0 Å². The molecule has 21 heavy (non-hydrogen) atoms. The summed E-state index contributed by atoms with van der Waals surface area (Å²) in [6.07, 6.45) is 0. The standard InChI is InChI=1S/C15H12BrClO4/c1-20-11-4-5-14(12(7-11)15(18)19)21-8-9-2-3-10(16)6-13(9)17/h2-7H,8H2,1H3,(H,18,19). The number of carbonyl (C=O) groups is 1. The van der Waals surface area contributed by atoms with Crippen molar-refractivity contribution >= 4 is 33.5 Å². The fourth-order valence-electron chi connectivity index (χ4n) is 1.72. The van der Waals surface area contributed by atoms with Crippen LogP contribution < -0.4 is 9.47 Å². The first kappa shape index (κ1) is 15.7. The molecule has 1 N–H and O–H groups in total. The molecule has 0 aliphatic rings. The summed E-state index contributed by atoms with van der Waals surface area (Å²) in [5.74, 6) is -0.352. The lowest BCUT2D eigenvalue weighted by atomic mass is 10.2. The minimum atomic E-state index is -1.08. The molecule has 0 saturated carbocycles. The van der Waals surface area contributed by atoms with Gasteiger partial charge in [0.15, 0.2) is 0 Å². The van der Waals surface area contributed by atoms with Crippen LogP contribution in [0.3, 0.4) is 0 Å². The lowest BCUT2D eigenvalue weighted by Gasteiger charge is -2.11. The zero-order chi connectivity index (χ0) is 15.4. The van der Waals surface area contributed by atoms with Crippen molar-refractivity contribution in [3.63, 3.8) is 0 Å². The van der Waals surface area contributed by atoms with E-state index in [1.54, 1.807) is 18.2 Å². The third-order valence-corrected chi connectivity index (χ3v) is 3.66. The number of rotatable bonds is 5. The molecule has 6 heteroatoms. The van der Waals surface area contributed by atoms with E-state index in [0.29, 0.717) is 10.8 Å². The van der Waals surface area contributed by atoms with Crippen LogP contribution in [0, 0.1) is 0 Å². The molecule has 0 aliphatic carbocycles. The molecule has 0 atom stereocenters. The number of ether oxygens (including phenoxy) is 2. The number of hydrogen-bond acceptors (Lipinski definition) is 3. The first-order chi connectivity index (χ1) is 10.0. The Balaban J connectivity index is 2.21. The average molecular weight is 372 g/mol. The van der Waals surface area contributed by atoms with E-state index in [1.807, 2.05) is 12.1 Å². The Labute approximate surface area is 135 Å². The van der Waals surface area contributed by atoms with Gasteiger partial charge < -0.3 is 14.6 Å². The second-order valence-electron chi connectivity index (χ2n) is 4.19. The van der Waals surface area contributed by atoms with Crippen molar-refractivity contribution < 1.29 is 19.4 Å². The zero-order valence-electron chi connectivity index (χ0n) is 11.1. The topological polar surface area (TPSA) is 55.8 Å². The van der Waals surface area contributed by atoms with Gasteiger partial charge in [-0.3, -0.25) is 0 Å². The van der Waals surface area contributed by atoms with E-state index in [2.05, 4.69) is 15.9 Å². The molecule has 0 bridgehead atoms. The summed E-state index contributed by atoms with van der Waals surface area (Å²) in [7, 11) is 1.48. The maximum Gasteiger partial charge on any atom is 0.339 e. The van der Waals surface area contributed by atoms with Gasteiger partial charge in [-0.05, 0) is 30.3 Å². The summed E-state index contributed by atoms with van der Waals surface area (Å²) < 4.78 is 11.4. The minimum absolute atomic E-state index is 0.0441. The van der Waals surface area contributed by atoms with Crippen LogP contribution in [-0.2, 0) is 6.61 Å². The molecule has 0 radical (unpaired) electrons. The van der Waals surface area contributed by atoms with Crippen LogP contribution in [0.1, 0.15) is 15.9 Å². The quantitative estimate of drug-likeness (QED) is 0.847. The van der Waals surface area contributed by atoms with Gasteiger partial charge in [-0.1, -0.05) is 33.6 Å². The molecule has 0 spiro atoms. The van der Waals surface area contributed by atoms with Gasteiger partial charge in [0, 0.05) is 15.1 Å². The third-order valence-electron chi connectivity index (χ3n) is 2.82. The first-order valence-electron chi connectivity index (χ1n) is 5.99. The van der Waals surface area contributed by atoms with E-state index < -0.39 is 5.97 Å². The fourth-order valence-corrected chi connectivity index (χ4v) is 2.45. The predicted octanol–water partition coefficient (Wildman–Crippen LogP) is 4.39. The van der Waals surface area contributed by atoms with Gasteiger partial charge in [-0.15, -0.1) is 0 Å². The fraction of sp³-hybridized carbons (Fsp3) is 0.133. The molecule has 4 nitrogen and oxygen atoms in total. The molecule has 0 aromatic heterocycles. The Hall–Kier alpha value is -1.72. The first-order valence-corrected chi connectivity index (χ1v) is 7.16. The molecule has 2 aromatic carbocycles. The lowest BCUT2D eigenvalue weighted by molar-refractivity contribution is 0.0691. The van der Waals surface area contributed by atoms with E-state index in [-0.39, 0.29) is 17.9 Å². The number of carboxylic acid groups (broad SMARTS) is 1. The highest BCUT2D eigenvalue weighted by molar-refractivity contribution is 9.10. The van der Waals surface area contributed by atoms with Crippen molar-refractivity contribution in [1.82, 2.24) is 0 Å². The Morgan fingerprint density at radius 3 is 2.67 bits per heavy atom. The van der Waals surface area contributed by atoms with Gasteiger partial charge in [-0.2, -0.15) is 0 Å². The number of carboxylic acids is 1. The van der Waals surface area contributed by atoms with Gasteiger partial charge >= 0.3 is 5.97 Å². The van der Waals surface area contributed by atoms with Crippen LogP contribution in [0.15, 0.2) is 40.9 Å². The van der Waals surface area contributed by atoms with Crippen molar-refractivity contribution in [1.29, 1.82) is 0 Å². The predicted molar refractivity (Wildman–Crippen MR) is 83.4 cm³/mol. The normalized spacial score (nSPS) is 10.2. The second kappa shape index (κ2) is 6.83. The Kier molecular flexibility index (Phi) is 5.09. The van der Waals surface area contributed by atoms with Crippen LogP contribution in [0.5, 0.6) is 11.5 Å². The van der Waals surface area contributed by atoms with Crippen molar-refractivity contribution in [2.75, 3.05) is 7.11 Å². The van der Waals surface area contributed by atoms with Crippen LogP contribution >= 0.6 is 27.5 Å². The smallest absolute Gasteiger partial charge is 0.339 e. The van der Waals surface area contributed by atoms with Crippen LogP contribution in [-0.4, -0.2) is 18.2 Å². The van der Waals surface area contributed by atoms with Gasteiger partial charge in [0.25, 0.3) is 0 Å². The molecular formula is C15H12BrClO4.